The van der Waals surface area contributed by atoms with Crippen LogP contribution in [0.4, 0.5) is 23.4 Å². The van der Waals surface area contributed by atoms with Crippen molar-refractivity contribution in [2.24, 2.45) is 5.41 Å². The second-order valence-electron chi connectivity index (χ2n) is 9.57. The van der Waals surface area contributed by atoms with Gasteiger partial charge in [0.05, 0.1) is 40.7 Å². The number of aromatic nitrogens is 3. The highest BCUT2D eigenvalue weighted by Gasteiger charge is 2.49. The second kappa shape index (κ2) is 7.40. The van der Waals surface area contributed by atoms with Crippen LogP contribution in [-0.2, 0) is 6.18 Å². The summed E-state index contributed by atoms with van der Waals surface area (Å²) in [4.78, 5) is 23.7. The van der Waals surface area contributed by atoms with Gasteiger partial charge in [-0.1, -0.05) is 12.1 Å². The van der Waals surface area contributed by atoms with Crippen molar-refractivity contribution in [1.29, 1.82) is 0 Å². The molecule has 10 heteroatoms. The molecule has 6 nitrogen and oxygen atoms in total. The zero-order valence-corrected chi connectivity index (χ0v) is 18.5. The van der Waals surface area contributed by atoms with E-state index >= 15 is 4.39 Å². The smallest absolute Gasteiger partial charge is 0.382 e. The molecular formula is C25H21F4N5O. The minimum Gasteiger partial charge on any atom is -0.382 e. The van der Waals surface area contributed by atoms with Crippen molar-refractivity contribution in [2.75, 3.05) is 12.3 Å². The Bertz CT molecular complexity index is 1470. The molecule has 1 saturated heterocycles. The van der Waals surface area contributed by atoms with E-state index in [0.717, 1.165) is 31.4 Å². The number of alkyl halides is 3. The Kier molecular flexibility index (Phi) is 4.61. The van der Waals surface area contributed by atoms with E-state index in [2.05, 4.69) is 9.97 Å². The molecule has 35 heavy (non-hydrogen) atoms. The van der Waals surface area contributed by atoms with Crippen LogP contribution in [0.2, 0.25) is 0 Å². The zero-order valence-electron chi connectivity index (χ0n) is 18.5. The average molecular weight is 483 g/mol. The number of nitrogen functional groups attached to an aromatic ring is 1. The summed E-state index contributed by atoms with van der Waals surface area (Å²) in [5.41, 5.74) is 7.02. The Morgan fingerprint density at radius 2 is 1.83 bits per heavy atom. The maximum absolute atomic E-state index is 15.2. The van der Waals surface area contributed by atoms with Crippen LogP contribution in [0.1, 0.15) is 53.2 Å². The fraction of sp³-hybridized carbons (Fsp3) is 0.320. The Hall–Kier alpha value is -3.69. The molecule has 4 aromatic rings. The predicted octanol–water partition coefficient (Wildman–Crippen LogP) is 5.38. The summed E-state index contributed by atoms with van der Waals surface area (Å²) in [6.07, 6.45) is 2.06. The zero-order chi connectivity index (χ0) is 24.5. The van der Waals surface area contributed by atoms with Crippen molar-refractivity contribution in [1.82, 2.24) is 19.3 Å². The van der Waals surface area contributed by atoms with Crippen LogP contribution in [0.5, 0.6) is 0 Å². The lowest BCUT2D eigenvalue weighted by Gasteiger charge is -2.40. The number of rotatable bonds is 2. The van der Waals surface area contributed by atoms with Gasteiger partial charge in [-0.05, 0) is 54.9 Å². The van der Waals surface area contributed by atoms with Gasteiger partial charge in [0.1, 0.15) is 17.2 Å². The minimum absolute atomic E-state index is 0.0129. The third-order valence-corrected chi connectivity index (χ3v) is 7.37. The molecular weight excluding hydrogens is 462 g/mol. The standard InChI is InChI=1S/C25H21F4N5O/c26-17-10-18-20(34-13-31-11-21(34)22(30)32-18)9-16(17)23(35)33-12-24(7-8-24)6-5-19(33)14-1-3-15(4-2-14)25(27,28)29/h1-4,9-11,13,19H,5-8,12H2,(H2,30,32). The average Bonchev–Trinajstić information content (AvgIpc) is 3.37. The summed E-state index contributed by atoms with van der Waals surface area (Å²) in [6.45, 7) is 0.440. The van der Waals surface area contributed by atoms with Crippen LogP contribution in [-0.4, -0.2) is 31.7 Å². The molecule has 1 atom stereocenters. The molecule has 180 valence electrons. The molecule has 0 radical (unpaired) electrons. The number of hydrogen-bond donors (Lipinski definition) is 1. The number of imidazole rings is 1. The number of likely N-dealkylation sites (tertiary alicyclic amines) is 1. The molecule has 2 aromatic heterocycles. The summed E-state index contributed by atoms with van der Waals surface area (Å²) in [7, 11) is 0. The van der Waals surface area contributed by atoms with Crippen molar-refractivity contribution >= 4 is 28.3 Å². The number of hydrogen-bond acceptors (Lipinski definition) is 4. The molecule has 1 amide bonds. The molecule has 1 saturated carbocycles. The van der Waals surface area contributed by atoms with Gasteiger partial charge in [0.2, 0.25) is 0 Å². The van der Waals surface area contributed by atoms with E-state index in [1.54, 1.807) is 9.30 Å². The third-order valence-electron chi connectivity index (χ3n) is 7.37. The molecule has 1 aliphatic carbocycles. The van der Waals surface area contributed by atoms with Crippen molar-refractivity contribution in [2.45, 2.75) is 37.9 Å². The van der Waals surface area contributed by atoms with Crippen LogP contribution < -0.4 is 5.73 Å². The molecule has 0 bridgehead atoms. The van der Waals surface area contributed by atoms with Crippen LogP contribution in [0.3, 0.4) is 0 Å². The van der Waals surface area contributed by atoms with Crippen LogP contribution in [0, 0.1) is 11.2 Å². The van der Waals surface area contributed by atoms with E-state index in [4.69, 9.17) is 5.73 Å². The second-order valence-corrected chi connectivity index (χ2v) is 9.57. The van der Waals surface area contributed by atoms with Crippen molar-refractivity contribution in [3.8, 4) is 0 Å². The lowest BCUT2D eigenvalue weighted by atomic mass is 9.86. The van der Waals surface area contributed by atoms with E-state index in [1.165, 1.54) is 36.8 Å². The molecule has 1 aliphatic heterocycles. The van der Waals surface area contributed by atoms with Crippen molar-refractivity contribution < 1.29 is 22.4 Å². The van der Waals surface area contributed by atoms with Crippen molar-refractivity contribution in [3.05, 3.63) is 71.4 Å². The molecule has 6 rings (SSSR count). The number of piperidine rings is 1. The van der Waals surface area contributed by atoms with E-state index in [1.807, 2.05) is 0 Å². The first kappa shape index (κ1) is 21.8. The topological polar surface area (TPSA) is 76.5 Å². The maximum atomic E-state index is 15.2. The number of benzene rings is 2. The molecule has 2 aliphatic rings. The predicted molar refractivity (Wildman–Crippen MR) is 121 cm³/mol. The van der Waals surface area contributed by atoms with Crippen molar-refractivity contribution in [3.63, 3.8) is 0 Å². The lowest BCUT2D eigenvalue weighted by Crippen LogP contribution is -2.43. The van der Waals surface area contributed by atoms with Gasteiger partial charge in [-0.2, -0.15) is 13.2 Å². The normalized spacial score (nSPS) is 19.5. The lowest BCUT2D eigenvalue weighted by molar-refractivity contribution is -0.137. The number of anilines is 1. The number of halogens is 4. The number of fused-ring (bicyclic) bond motifs is 3. The number of carbonyl (C=O) groups excluding carboxylic acids is 1. The first-order valence-corrected chi connectivity index (χ1v) is 11.3. The summed E-state index contributed by atoms with van der Waals surface area (Å²) in [5.74, 6) is -1.02. The third kappa shape index (κ3) is 3.59. The summed E-state index contributed by atoms with van der Waals surface area (Å²) in [6, 6.07) is 7.08. The van der Waals surface area contributed by atoms with Gasteiger partial charge in [0.15, 0.2) is 0 Å². The van der Waals surface area contributed by atoms with Crippen LogP contribution in [0.15, 0.2) is 48.9 Å². The van der Waals surface area contributed by atoms with Gasteiger partial charge in [0, 0.05) is 12.6 Å². The van der Waals surface area contributed by atoms with Crippen LogP contribution in [0.25, 0.3) is 16.6 Å². The van der Waals surface area contributed by atoms with Gasteiger partial charge in [0.25, 0.3) is 5.91 Å². The van der Waals surface area contributed by atoms with Gasteiger partial charge < -0.3 is 10.6 Å². The molecule has 2 aromatic carbocycles. The van der Waals surface area contributed by atoms with E-state index in [9.17, 15) is 18.0 Å². The SMILES string of the molecule is Nc1nc2cc(F)c(C(=O)N3CC4(CCC3c3ccc(C(F)(F)F)cc3)CC4)cc2n2cncc12. The van der Waals surface area contributed by atoms with Gasteiger partial charge in [-0.3, -0.25) is 9.20 Å². The number of amides is 1. The highest BCUT2D eigenvalue weighted by molar-refractivity contribution is 5.99. The minimum atomic E-state index is -4.44. The Labute approximate surface area is 197 Å². The number of nitrogens with zero attached hydrogens (tertiary/aromatic N) is 4. The fourth-order valence-corrected chi connectivity index (χ4v) is 5.20. The van der Waals surface area contributed by atoms with E-state index in [-0.39, 0.29) is 16.8 Å². The monoisotopic (exact) mass is 483 g/mol. The van der Waals surface area contributed by atoms with Crippen LogP contribution >= 0.6 is 0 Å². The maximum Gasteiger partial charge on any atom is 0.416 e. The highest BCUT2D eigenvalue weighted by Crippen LogP contribution is 2.55. The summed E-state index contributed by atoms with van der Waals surface area (Å²) in [5, 5.41) is 0. The van der Waals surface area contributed by atoms with E-state index in [0.29, 0.717) is 35.1 Å². The van der Waals surface area contributed by atoms with Gasteiger partial charge in [-0.15, -0.1) is 0 Å². The fourth-order valence-electron chi connectivity index (χ4n) is 5.20. The Morgan fingerprint density at radius 1 is 1.09 bits per heavy atom. The summed E-state index contributed by atoms with van der Waals surface area (Å²) >= 11 is 0. The highest BCUT2D eigenvalue weighted by atomic mass is 19.4. The largest absolute Gasteiger partial charge is 0.416 e. The quantitative estimate of drug-likeness (QED) is 0.389. The molecule has 3 heterocycles. The van der Waals surface area contributed by atoms with Gasteiger partial charge in [-0.25, -0.2) is 14.4 Å². The Balaban J connectivity index is 1.42. The molecule has 1 unspecified atom stereocenters. The van der Waals surface area contributed by atoms with E-state index < -0.39 is 29.5 Å². The number of nitrogens with two attached hydrogens (primary N) is 1. The Morgan fingerprint density at radius 3 is 2.51 bits per heavy atom. The molecule has 2 fully saturated rings. The first-order valence-electron chi connectivity index (χ1n) is 11.3. The molecule has 1 spiro atoms. The molecule has 2 N–H and O–H groups in total. The summed E-state index contributed by atoms with van der Waals surface area (Å²) < 4.78 is 56.1. The van der Waals surface area contributed by atoms with Gasteiger partial charge >= 0.3 is 6.18 Å². The number of carbonyl (C=O) groups is 1. The first-order chi connectivity index (χ1) is 16.7.